The number of Topliss-reactive ketones (excluding diaryl/α,β-unsaturated/α-hetero) is 1. The molecule has 1 fully saturated rings. The van der Waals surface area contributed by atoms with Crippen LogP contribution in [0.4, 0.5) is 19.3 Å². The van der Waals surface area contributed by atoms with Gasteiger partial charge in [0.15, 0.2) is 5.84 Å². The summed E-state index contributed by atoms with van der Waals surface area (Å²) in [7, 11) is 0. The second-order valence-corrected chi connectivity index (χ2v) is 8.29. The van der Waals surface area contributed by atoms with Gasteiger partial charge < -0.3 is 15.6 Å². The number of hydrogen-bond donors (Lipinski definition) is 3. The Kier molecular flexibility index (Phi) is 8.29. The Balaban J connectivity index is 1.49. The Hall–Kier alpha value is -2.85. The summed E-state index contributed by atoms with van der Waals surface area (Å²) in [6, 6.07) is 10.1. The summed E-state index contributed by atoms with van der Waals surface area (Å²) in [5.74, 6) is 4.20. The molecule has 0 unspecified atom stereocenters. The molecule has 1 aliphatic rings. The van der Waals surface area contributed by atoms with Gasteiger partial charge in [-0.25, -0.2) is 24.4 Å². The molecule has 1 aliphatic heterocycles. The molecule has 0 aromatic heterocycles. The maximum atomic E-state index is 13.4. The molecule has 7 nitrogen and oxygen atoms in total. The lowest BCUT2D eigenvalue weighted by Crippen LogP contribution is -2.48. The standard InChI is InChI=1S/C22H24BrF2N5O2/c23-18-13-17(5-6-19(18)25)28-21(29-26)20(31)15-8-11-30(12-9-15)22(32)27-10-7-14-1-3-16(24)4-2-14/h1-6,13,15H,7-12,26H2,(H,27,32)(H,28,29). The van der Waals surface area contributed by atoms with Crippen LogP contribution < -0.4 is 16.6 Å². The number of benzene rings is 2. The molecule has 0 bridgehead atoms. The van der Waals surface area contributed by atoms with E-state index in [0.717, 1.165) is 5.56 Å². The third kappa shape index (κ3) is 6.33. The largest absolute Gasteiger partial charge is 0.338 e. The molecule has 1 saturated heterocycles. The third-order valence-corrected chi connectivity index (χ3v) is 5.88. The van der Waals surface area contributed by atoms with Crippen molar-refractivity contribution in [2.75, 3.05) is 19.6 Å². The van der Waals surface area contributed by atoms with Crippen molar-refractivity contribution in [2.45, 2.75) is 19.3 Å². The number of hydrogen-bond acceptors (Lipinski definition) is 4. The fourth-order valence-corrected chi connectivity index (χ4v) is 3.82. The molecule has 0 aliphatic carbocycles. The van der Waals surface area contributed by atoms with Gasteiger partial charge in [0.1, 0.15) is 11.6 Å². The Morgan fingerprint density at radius 2 is 1.81 bits per heavy atom. The summed E-state index contributed by atoms with van der Waals surface area (Å²) in [6.45, 7) is 1.29. The smallest absolute Gasteiger partial charge is 0.317 e. The van der Waals surface area contributed by atoms with E-state index in [1.54, 1.807) is 17.0 Å². The van der Waals surface area contributed by atoms with Crippen LogP contribution in [0.2, 0.25) is 0 Å². The van der Waals surface area contributed by atoms with Crippen LogP contribution in [0.3, 0.4) is 0 Å². The van der Waals surface area contributed by atoms with Crippen molar-refractivity contribution in [1.29, 1.82) is 0 Å². The quantitative estimate of drug-likeness (QED) is 0.241. The molecule has 0 spiro atoms. The summed E-state index contributed by atoms with van der Waals surface area (Å²) >= 11 is 3.09. The number of piperidine rings is 1. The van der Waals surface area contributed by atoms with Gasteiger partial charge in [0.25, 0.3) is 0 Å². The fourth-order valence-electron chi connectivity index (χ4n) is 3.46. The highest BCUT2D eigenvalue weighted by atomic mass is 79.9. The number of rotatable bonds is 6. The van der Waals surface area contributed by atoms with E-state index >= 15 is 0 Å². The highest BCUT2D eigenvalue weighted by Crippen LogP contribution is 2.23. The maximum Gasteiger partial charge on any atom is 0.317 e. The van der Waals surface area contributed by atoms with Gasteiger partial charge in [-0.15, -0.1) is 0 Å². The van der Waals surface area contributed by atoms with E-state index in [9.17, 15) is 18.4 Å². The van der Waals surface area contributed by atoms with Crippen molar-refractivity contribution < 1.29 is 18.4 Å². The summed E-state index contributed by atoms with van der Waals surface area (Å²) in [4.78, 5) is 31.1. The van der Waals surface area contributed by atoms with Crippen molar-refractivity contribution in [3.63, 3.8) is 0 Å². The van der Waals surface area contributed by atoms with E-state index < -0.39 is 5.82 Å². The Labute approximate surface area is 193 Å². The van der Waals surface area contributed by atoms with Gasteiger partial charge in [0.2, 0.25) is 5.78 Å². The average molecular weight is 508 g/mol. The maximum absolute atomic E-state index is 13.4. The van der Waals surface area contributed by atoms with Crippen LogP contribution in [0.1, 0.15) is 18.4 Å². The summed E-state index contributed by atoms with van der Waals surface area (Å²) < 4.78 is 26.6. The molecule has 0 radical (unpaired) electrons. The predicted octanol–water partition coefficient (Wildman–Crippen LogP) is 3.45. The van der Waals surface area contributed by atoms with Crippen LogP contribution in [0, 0.1) is 17.6 Å². The molecule has 2 aromatic carbocycles. The normalized spacial score (nSPS) is 14.9. The van der Waals surface area contributed by atoms with E-state index in [4.69, 9.17) is 5.84 Å². The van der Waals surface area contributed by atoms with Gasteiger partial charge in [0, 0.05) is 25.6 Å². The number of halogens is 3. The zero-order valence-corrected chi connectivity index (χ0v) is 18.9. The lowest BCUT2D eigenvalue weighted by Gasteiger charge is -2.31. The third-order valence-electron chi connectivity index (χ3n) is 5.27. The minimum Gasteiger partial charge on any atom is -0.338 e. The van der Waals surface area contributed by atoms with Crippen LogP contribution in [0.15, 0.2) is 51.9 Å². The van der Waals surface area contributed by atoms with Gasteiger partial charge in [-0.2, -0.15) is 0 Å². The van der Waals surface area contributed by atoms with Gasteiger partial charge in [-0.3, -0.25) is 4.79 Å². The minimum absolute atomic E-state index is 0.00860. The molecule has 4 N–H and O–H groups in total. The van der Waals surface area contributed by atoms with Crippen molar-refractivity contribution in [3.8, 4) is 0 Å². The molecule has 0 saturated carbocycles. The summed E-state index contributed by atoms with van der Waals surface area (Å²) in [5.41, 5.74) is 3.66. The lowest BCUT2D eigenvalue weighted by molar-refractivity contribution is -0.117. The number of nitrogens with one attached hydrogen (secondary N) is 2. The Bertz CT molecular complexity index is 992. The van der Waals surface area contributed by atoms with Gasteiger partial charge >= 0.3 is 6.03 Å². The number of urea groups is 1. The second-order valence-electron chi connectivity index (χ2n) is 7.44. The first kappa shape index (κ1) is 23.8. The number of amides is 2. The number of nitrogens with two attached hydrogens (primary N) is 1. The zero-order valence-electron chi connectivity index (χ0n) is 17.3. The summed E-state index contributed by atoms with van der Waals surface area (Å²) in [6.07, 6.45) is 1.57. The van der Waals surface area contributed by atoms with Gasteiger partial charge in [0.05, 0.1) is 10.2 Å². The second kappa shape index (κ2) is 11.1. The van der Waals surface area contributed by atoms with Gasteiger partial charge in [-0.05, 0) is 71.1 Å². The molecule has 2 aromatic rings. The monoisotopic (exact) mass is 507 g/mol. The van der Waals surface area contributed by atoms with E-state index in [1.165, 1.54) is 30.3 Å². The molecule has 10 heteroatoms. The van der Waals surface area contributed by atoms with E-state index in [-0.39, 0.29) is 33.9 Å². The molecular weight excluding hydrogens is 484 g/mol. The van der Waals surface area contributed by atoms with Crippen LogP contribution in [-0.4, -0.2) is 42.2 Å². The molecule has 1 heterocycles. The number of hydrazine groups is 1. The number of likely N-dealkylation sites (tertiary alicyclic amines) is 1. The highest BCUT2D eigenvalue weighted by molar-refractivity contribution is 9.10. The van der Waals surface area contributed by atoms with Crippen molar-refractivity contribution in [3.05, 3.63) is 64.1 Å². The minimum atomic E-state index is -0.430. The topological polar surface area (TPSA) is 99.8 Å². The zero-order chi connectivity index (χ0) is 23.1. The number of amidine groups is 1. The van der Waals surface area contributed by atoms with Crippen LogP contribution in [0.25, 0.3) is 0 Å². The van der Waals surface area contributed by atoms with E-state index in [1.807, 2.05) is 0 Å². The Morgan fingerprint density at radius 1 is 1.12 bits per heavy atom. The summed E-state index contributed by atoms with van der Waals surface area (Å²) in [5, 5.41) is 2.85. The highest BCUT2D eigenvalue weighted by Gasteiger charge is 2.29. The first-order valence-corrected chi connectivity index (χ1v) is 11.0. The number of carbonyl (C=O) groups excluding carboxylic acids is 2. The van der Waals surface area contributed by atoms with Crippen LogP contribution >= 0.6 is 15.9 Å². The molecule has 2 amide bonds. The lowest BCUT2D eigenvalue weighted by atomic mass is 9.92. The predicted molar refractivity (Wildman–Crippen MR) is 121 cm³/mol. The van der Waals surface area contributed by atoms with Crippen LogP contribution in [0.5, 0.6) is 0 Å². The van der Waals surface area contributed by atoms with Crippen molar-refractivity contribution in [1.82, 2.24) is 15.6 Å². The van der Waals surface area contributed by atoms with E-state index in [2.05, 4.69) is 31.7 Å². The molecular formula is C22H24BrF2N5O2. The molecule has 3 rings (SSSR count). The molecule has 170 valence electrons. The van der Waals surface area contributed by atoms with Crippen molar-refractivity contribution in [2.24, 2.45) is 16.8 Å². The van der Waals surface area contributed by atoms with Crippen LogP contribution in [-0.2, 0) is 11.2 Å². The molecule has 32 heavy (non-hydrogen) atoms. The fraction of sp³-hybridized carbons (Fsp3) is 0.318. The average Bonchev–Trinajstić information content (AvgIpc) is 2.80. The Morgan fingerprint density at radius 3 is 2.44 bits per heavy atom. The van der Waals surface area contributed by atoms with Gasteiger partial charge in [-0.1, -0.05) is 12.1 Å². The number of carbonyl (C=O) groups is 2. The first-order chi connectivity index (χ1) is 15.4. The number of nitrogens with zero attached hydrogens (tertiary/aromatic N) is 2. The van der Waals surface area contributed by atoms with E-state index in [0.29, 0.717) is 44.6 Å². The number of ketones is 1. The molecule has 0 atom stereocenters. The number of aliphatic imine (C=N–C) groups is 1. The first-order valence-electron chi connectivity index (χ1n) is 10.2. The SMILES string of the molecule is NNC(=Nc1ccc(F)c(Br)c1)C(=O)C1CCN(C(=O)NCCc2ccc(F)cc2)CC1. The van der Waals surface area contributed by atoms with Crippen molar-refractivity contribution >= 4 is 39.3 Å².